The second kappa shape index (κ2) is 5.56. The summed E-state index contributed by atoms with van der Waals surface area (Å²) in [6.07, 6.45) is 1.18. The van der Waals surface area contributed by atoms with Crippen molar-refractivity contribution in [3.05, 3.63) is 0 Å². The van der Waals surface area contributed by atoms with Crippen LogP contribution in [0, 0.1) is 0 Å². The zero-order valence-corrected chi connectivity index (χ0v) is 8.33. The first-order valence-corrected chi connectivity index (χ1v) is 4.58. The largest absolute Gasteiger partial charge is 0.316 e. The highest BCUT2D eigenvalue weighted by Crippen LogP contribution is 2.05. The molecular formula is C9H22N2. The zero-order valence-electron chi connectivity index (χ0n) is 8.33. The molecule has 0 rings (SSSR count). The summed E-state index contributed by atoms with van der Waals surface area (Å²) in [4.78, 5) is 0. The smallest absolute Gasteiger partial charge is 0.0123 e. The lowest BCUT2D eigenvalue weighted by molar-refractivity contribution is 0.376. The fraction of sp³-hybridized carbons (Fsp3) is 1.00. The van der Waals surface area contributed by atoms with Gasteiger partial charge in [-0.25, -0.2) is 0 Å². The van der Waals surface area contributed by atoms with Gasteiger partial charge in [0.05, 0.1) is 0 Å². The summed E-state index contributed by atoms with van der Waals surface area (Å²) in [5, 5.41) is 6.76. The molecule has 2 nitrogen and oxygen atoms in total. The molecule has 0 spiro atoms. The predicted molar refractivity (Wildman–Crippen MR) is 50.9 cm³/mol. The van der Waals surface area contributed by atoms with Crippen molar-refractivity contribution in [3.63, 3.8) is 0 Å². The highest BCUT2D eigenvalue weighted by atomic mass is 15.0. The molecule has 0 atom stereocenters. The molecule has 0 fully saturated rings. The van der Waals surface area contributed by atoms with Crippen LogP contribution in [0.3, 0.4) is 0 Å². The molecule has 0 saturated carbocycles. The normalized spacial score (nSPS) is 12.0. The molecule has 0 aliphatic carbocycles. The number of rotatable bonds is 6. The molecule has 0 aromatic rings. The van der Waals surface area contributed by atoms with Crippen LogP contribution in [0.5, 0.6) is 0 Å². The Morgan fingerprint density at radius 3 is 2.18 bits per heavy atom. The Morgan fingerprint density at radius 2 is 1.73 bits per heavy atom. The van der Waals surface area contributed by atoms with Crippen molar-refractivity contribution in [3.8, 4) is 0 Å². The molecule has 0 aliphatic rings. The van der Waals surface area contributed by atoms with Gasteiger partial charge in [0.2, 0.25) is 0 Å². The summed E-state index contributed by atoms with van der Waals surface area (Å²) in [7, 11) is 0. The third-order valence-corrected chi connectivity index (χ3v) is 2.04. The summed E-state index contributed by atoms with van der Waals surface area (Å²) in [5.74, 6) is 0. The van der Waals surface area contributed by atoms with Crippen LogP contribution in [0.2, 0.25) is 0 Å². The summed E-state index contributed by atoms with van der Waals surface area (Å²) in [6, 6.07) is 0. The molecule has 2 N–H and O–H groups in total. The van der Waals surface area contributed by atoms with Crippen molar-refractivity contribution in [1.29, 1.82) is 0 Å². The van der Waals surface area contributed by atoms with Gasteiger partial charge in [0, 0.05) is 18.6 Å². The van der Waals surface area contributed by atoms with E-state index in [-0.39, 0.29) is 0 Å². The molecule has 0 radical (unpaired) electrons. The van der Waals surface area contributed by atoms with Crippen molar-refractivity contribution >= 4 is 0 Å². The number of hydrogen-bond donors (Lipinski definition) is 2. The van der Waals surface area contributed by atoms with E-state index in [0.29, 0.717) is 5.54 Å². The van der Waals surface area contributed by atoms with E-state index in [2.05, 4.69) is 38.3 Å². The first-order chi connectivity index (χ1) is 5.12. The minimum absolute atomic E-state index is 0.301. The molecule has 0 amide bonds. The maximum Gasteiger partial charge on any atom is 0.0123 e. The van der Waals surface area contributed by atoms with Gasteiger partial charge in [-0.2, -0.15) is 0 Å². The van der Waals surface area contributed by atoms with Crippen LogP contribution < -0.4 is 10.6 Å². The summed E-state index contributed by atoms with van der Waals surface area (Å²) in [5.41, 5.74) is 0.301. The van der Waals surface area contributed by atoms with Crippen molar-refractivity contribution in [2.24, 2.45) is 0 Å². The maximum absolute atomic E-state index is 3.48. The van der Waals surface area contributed by atoms with Gasteiger partial charge in [0.1, 0.15) is 0 Å². The number of nitrogens with one attached hydrogen (secondary N) is 2. The van der Waals surface area contributed by atoms with Gasteiger partial charge in [-0.15, -0.1) is 0 Å². The van der Waals surface area contributed by atoms with Crippen LogP contribution in [0.25, 0.3) is 0 Å². The summed E-state index contributed by atoms with van der Waals surface area (Å²) in [6.45, 7) is 12.0. The second-order valence-corrected chi connectivity index (χ2v) is 3.52. The highest BCUT2D eigenvalue weighted by molar-refractivity contribution is 4.74. The molecule has 2 heteroatoms. The number of hydrogen-bond acceptors (Lipinski definition) is 2. The van der Waals surface area contributed by atoms with Crippen molar-refractivity contribution in [1.82, 2.24) is 10.6 Å². The van der Waals surface area contributed by atoms with Gasteiger partial charge in [0.25, 0.3) is 0 Å². The Bertz CT molecular complexity index is 89.6. The zero-order chi connectivity index (χ0) is 8.74. The fourth-order valence-electron chi connectivity index (χ4n) is 0.791. The first-order valence-electron chi connectivity index (χ1n) is 4.58. The molecule has 0 aromatic heterocycles. The fourth-order valence-corrected chi connectivity index (χ4v) is 0.791. The number of likely N-dealkylation sites (N-methyl/N-ethyl adjacent to an activating group) is 1. The Balaban J connectivity index is 3.23. The van der Waals surface area contributed by atoms with Gasteiger partial charge in [-0.3, -0.25) is 0 Å². The highest BCUT2D eigenvalue weighted by Gasteiger charge is 2.11. The second-order valence-electron chi connectivity index (χ2n) is 3.52. The lowest BCUT2D eigenvalue weighted by Crippen LogP contribution is -2.42. The average molecular weight is 158 g/mol. The minimum atomic E-state index is 0.301. The van der Waals surface area contributed by atoms with Gasteiger partial charge in [-0.1, -0.05) is 13.8 Å². The molecule has 0 aromatic carbocycles. The van der Waals surface area contributed by atoms with Gasteiger partial charge < -0.3 is 10.6 Å². The SMILES string of the molecule is CCNCCNC(C)(C)CC. The lowest BCUT2D eigenvalue weighted by atomic mass is 10.0. The van der Waals surface area contributed by atoms with Crippen molar-refractivity contribution in [2.45, 2.75) is 39.7 Å². The molecule has 0 bridgehead atoms. The van der Waals surface area contributed by atoms with Crippen molar-refractivity contribution in [2.75, 3.05) is 19.6 Å². The first kappa shape index (κ1) is 10.9. The van der Waals surface area contributed by atoms with Gasteiger partial charge in [-0.05, 0) is 26.8 Å². The Labute approximate surface area is 70.8 Å². The molecule has 11 heavy (non-hydrogen) atoms. The van der Waals surface area contributed by atoms with Crippen LogP contribution >= 0.6 is 0 Å². The molecule has 0 aliphatic heterocycles. The van der Waals surface area contributed by atoms with Crippen LogP contribution in [0.1, 0.15) is 34.1 Å². The van der Waals surface area contributed by atoms with Crippen LogP contribution in [0.4, 0.5) is 0 Å². The quantitative estimate of drug-likeness (QED) is 0.571. The molecular weight excluding hydrogens is 136 g/mol. The van der Waals surface area contributed by atoms with E-state index in [4.69, 9.17) is 0 Å². The predicted octanol–water partition coefficient (Wildman–Crippen LogP) is 1.37. The van der Waals surface area contributed by atoms with E-state index < -0.39 is 0 Å². The van der Waals surface area contributed by atoms with Crippen LogP contribution in [0.15, 0.2) is 0 Å². The third kappa shape index (κ3) is 6.32. The lowest BCUT2D eigenvalue weighted by Gasteiger charge is -2.24. The average Bonchev–Trinajstić information content (AvgIpc) is 1.99. The molecule has 0 unspecified atom stereocenters. The van der Waals surface area contributed by atoms with Crippen molar-refractivity contribution < 1.29 is 0 Å². The maximum atomic E-state index is 3.48. The van der Waals surface area contributed by atoms with E-state index in [0.717, 1.165) is 19.6 Å². The molecule has 0 heterocycles. The van der Waals surface area contributed by atoms with Gasteiger partial charge >= 0.3 is 0 Å². The van der Waals surface area contributed by atoms with E-state index >= 15 is 0 Å². The summed E-state index contributed by atoms with van der Waals surface area (Å²) >= 11 is 0. The van der Waals surface area contributed by atoms with Gasteiger partial charge in [0.15, 0.2) is 0 Å². The summed E-state index contributed by atoms with van der Waals surface area (Å²) < 4.78 is 0. The molecule has 0 saturated heterocycles. The third-order valence-electron chi connectivity index (χ3n) is 2.04. The Kier molecular flexibility index (Phi) is 5.51. The Morgan fingerprint density at radius 1 is 1.09 bits per heavy atom. The van der Waals surface area contributed by atoms with E-state index in [1.54, 1.807) is 0 Å². The molecule has 68 valence electrons. The van der Waals surface area contributed by atoms with Crippen LogP contribution in [-0.2, 0) is 0 Å². The van der Waals surface area contributed by atoms with Crippen LogP contribution in [-0.4, -0.2) is 25.2 Å². The monoisotopic (exact) mass is 158 g/mol. The Hall–Kier alpha value is -0.0800. The van der Waals surface area contributed by atoms with E-state index in [1.807, 2.05) is 0 Å². The topological polar surface area (TPSA) is 24.1 Å². The van der Waals surface area contributed by atoms with E-state index in [9.17, 15) is 0 Å². The minimum Gasteiger partial charge on any atom is -0.316 e. The van der Waals surface area contributed by atoms with E-state index in [1.165, 1.54) is 6.42 Å². The standard InChI is InChI=1S/C9H22N2/c1-5-9(3,4)11-8-7-10-6-2/h10-11H,5-8H2,1-4H3.